The summed E-state index contributed by atoms with van der Waals surface area (Å²) in [4.78, 5) is 0. The van der Waals surface area contributed by atoms with E-state index in [9.17, 15) is 4.57 Å². The van der Waals surface area contributed by atoms with Crippen LogP contribution in [0.2, 0.25) is 0 Å². The number of fused-ring (bicyclic) bond motifs is 1. The average molecular weight is 423 g/mol. The summed E-state index contributed by atoms with van der Waals surface area (Å²) in [5, 5.41) is 2.79. The monoisotopic (exact) mass is 422 g/mol. The predicted molar refractivity (Wildman–Crippen MR) is 124 cm³/mol. The average Bonchev–Trinajstić information content (AvgIpc) is 2.74. The Bertz CT molecular complexity index is 1030. The highest BCUT2D eigenvalue weighted by Crippen LogP contribution is 2.52. The molecular weight excluding hydrogens is 391 g/mol. The van der Waals surface area contributed by atoms with Gasteiger partial charge in [0.1, 0.15) is 5.75 Å². The van der Waals surface area contributed by atoms with Crippen LogP contribution < -0.4 is 9.83 Å². The third-order valence-electron chi connectivity index (χ3n) is 6.25. The van der Waals surface area contributed by atoms with Gasteiger partial charge >= 0.3 is 7.60 Å². The van der Waals surface area contributed by atoms with Crippen molar-refractivity contribution in [2.24, 2.45) is 17.8 Å². The smallest absolute Gasteiger partial charge is 0.411 e. The summed E-state index contributed by atoms with van der Waals surface area (Å²) in [5.74, 6) is 2.01. The maximum absolute atomic E-state index is 14.2. The van der Waals surface area contributed by atoms with E-state index in [-0.39, 0.29) is 6.10 Å². The van der Waals surface area contributed by atoms with Gasteiger partial charge in [-0.05, 0) is 65.6 Å². The first-order valence-corrected chi connectivity index (χ1v) is 12.5. The van der Waals surface area contributed by atoms with Crippen molar-refractivity contribution in [3.63, 3.8) is 0 Å². The van der Waals surface area contributed by atoms with Crippen molar-refractivity contribution >= 4 is 23.7 Å². The maximum Gasteiger partial charge on any atom is 0.411 e. The third kappa shape index (κ3) is 4.63. The summed E-state index contributed by atoms with van der Waals surface area (Å²) < 4.78 is 26.9. The minimum absolute atomic E-state index is 0.0692. The Morgan fingerprint density at radius 1 is 0.900 bits per heavy atom. The van der Waals surface area contributed by atoms with E-state index in [2.05, 4.69) is 26.8 Å². The van der Waals surface area contributed by atoms with Gasteiger partial charge in [0.15, 0.2) is 0 Å². The normalized spacial score (nSPS) is 23.9. The van der Waals surface area contributed by atoms with Gasteiger partial charge in [-0.3, -0.25) is 4.52 Å². The molecule has 0 N–H and O–H groups in total. The number of benzene rings is 3. The second-order valence-electron chi connectivity index (χ2n) is 8.90. The van der Waals surface area contributed by atoms with Crippen molar-refractivity contribution in [3.8, 4) is 5.75 Å². The van der Waals surface area contributed by atoms with E-state index in [1.54, 1.807) is 0 Å². The van der Waals surface area contributed by atoms with Gasteiger partial charge in [-0.25, -0.2) is 4.57 Å². The summed E-state index contributed by atoms with van der Waals surface area (Å²) >= 11 is 0. The van der Waals surface area contributed by atoms with Crippen LogP contribution in [0.25, 0.3) is 10.8 Å². The van der Waals surface area contributed by atoms with Crippen LogP contribution in [0.15, 0.2) is 72.8 Å². The van der Waals surface area contributed by atoms with E-state index >= 15 is 0 Å². The van der Waals surface area contributed by atoms with Crippen molar-refractivity contribution in [2.45, 2.75) is 46.1 Å². The fraction of sp³-hybridized carbons (Fsp3) is 0.385. The lowest BCUT2D eigenvalue weighted by molar-refractivity contribution is 0.0414. The molecule has 3 aromatic rings. The van der Waals surface area contributed by atoms with Crippen molar-refractivity contribution < 1.29 is 13.6 Å². The largest absolute Gasteiger partial charge is 0.421 e. The molecule has 0 unspecified atom stereocenters. The first-order chi connectivity index (χ1) is 14.4. The van der Waals surface area contributed by atoms with Crippen LogP contribution in [-0.2, 0) is 9.09 Å². The highest BCUT2D eigenvalue weighted by Gasteiger charge is 2.39. The zero-order valence-corrected chi connectivity index (χ0v) is 18.9. The zero-order valence-electron chi connectivity index (χ0n) is 18.0. The second-order valence-corrected chi connectivity index (χ2v) is 10.8. The van der Waals surface area contributed by atoms with Gasteiger partial charge in [0.05, 0.1) is 11.4 Å². The Hall–Kier alpha value is -2.09. The SMILES string of the molecule is CC(C)[C@@H]1CC[C@@H](C)C[C@H]1O[P@@](=O)(Oc1ccc2ccccc2c1)c1ccccc1. The Morgan fingerprint density at radius 2 is 1.60 bits per heavy atom. The molecule has 1 aliphatic carbocycles. The maximum atomic E-state index is 14.2. The lowest BCUT2D eigenvalue weighted by atomic mass is 9.75. The number of rotatable bonds is 6. The van der Waals surface area contributed by atoms with Crippen LogP contribution in [0.4, 0.5) is 0 Å². The molecule has 30 heavy (non-hydrogen) atoms. The molecule has 0 bridgehead atoms. The van der Waals surface area contributed by atoms with E-state index in [4.69, 9.17) is 9.05 Å². The molecule has 3 nitrogen and oxygen atoms in total. The highest BCUT2D eigenvalue weighted by atomic mass is 31.2. The fourth-order valence-corrected chi connectivity index (χ4v) is 6.32. The molecule has 1 fully saturated rings. The van der Waals surface area contributed by atoms with Gasteiger partial charge in [0.2, 0.25) is 0 Å². The van der Waals surface area contributed by atoms with Crippen LogP contribution in [0.1, 0.15) is 40.0 Å². The molecule has 4 heteroatoms. The molecule has 1 aliphatic rings. The third-order valence-corrected chi connectivity index (χ3v) is 8.18. The number of hydrogen-bond acceptors (Lipinski definition) is 3. The quantitative estimate of drug-likeness (QED) is 0.394. The molecule has 0 heterocycles. The summed E-state index contributed by atoms with van der Waals surface area (Å²) in [5.41, 5.74) is 0. The van der Waals surface area contributed by atoms with Crippen LogP contribution >= 0.6 is 7.60 Å². The van der Waals surface area contributed by atoms with Gasteiger partial charge in [0.25, 0.3) is 0 Å². The van der Waals surface area contributed by atoms with Gasteiger partial charge in [0, 0.05) is 0 Å². The first-order valence-electron chi connectivity index (χ1n) is 11.0. The molecule has 0 saturated heterocycles. The highest BCUT2D eigenvalue weighted by molar-refractivity contribution is 7.62. The summed E-state index contributed by atoms with van der Waals surface area (Å²) in [6.45, 7) is 6.72. The lowest BCUT2D eigenvalue weighted by Crippen LogP contribution is -2.35. The molecule has 4 rings (SSSR count). The number of hydrogen-bond donors (Lipinski definition) is 0. The molecule has 3 aromatic carbocycles. The lowest BCUT2D eigenvalue weighted by Gasteiger charge is -2.38. The van der Waals surface area contributed by atoms with Crippen molar-refractivity contribution in [1.29, 1.82) is 0 Å². The van der Waals surface area contributed by atoms with Gasteiger partial charge in [-0.2, -0.15) is 0 Å². The minimum atomic E-state index is -3.54. The van der Waals surface area contributed by atoms with Crippen LogP contribution in [0, 0.1) is 17.8 Å². The van der Waals surface area contributed by atoms with Crippen molar-refractivity contribution in [3.05, 3.63) is 72.8 Å². The van der Waals surface area contributed by atoms with Gasteiger partial charge < -0.3 is 4.52 Å². The van der Waals surface area contributed by atoms with E-state index < -0.39 is 7.60 Å². The van der Waals surface area contributed by atoms with E-state index in [0.717, 1.165) is 23.6 Å². The summed E-state index contributed by atoms with van der Waals surface area (Å²) in [6, 6.07) is 23.3. The first kappa shape index (κ1) is 21.2. The van der Waals surface area contributed by atoms with Crippen LogP contribution in [-0.4, -0.2) is 6.10 Å². The molecule has 0 amide bonds. The van der Waals surface area contributed by atoms with Crippen molar-refractivity contribution in [1.82, 2.24) is 0 Å². The molecule has 0 aliphatic heterocycles. The van der Waals surface area contributed by atoms with Gasteiger partial charge in [-0.1, -0.05) is 75.7 Å². The topological polar surface area (TPSA) is 35.5 Å². The van der Waals surface area contributed by atoms with Crippen molar-refractivity contribution in [2.75, 3.05) is 0 Å². The second kappa shape index (κ2) is 8.96. The molecule has 0 aromatic heterocycles. The molecule has 4 atom stereocenters. The van der Waals surface area contributed by atoms with E-state index in [0.29, 0.717) is 28.8 Å². The summed E-state index contributed by atoms with van der Waals surface area (Å²) in [6.07, 6.45) is 3.15. The minimum Gasteiger partial charge on any atom is -0.421 e. The Balaban J connectivity index is 1.68. The van der Waals surface area contributed by atoms with Crippen LogP contribution in [0.5, 0.6) is 5.75 Å². The Kier molecular flexibility index (Phi) is 6.32. The van der Waals surface area contributed by atoms with E-state index in [1.807, 2.05) is 66.7 Å². The Labute approximate surface area is 180 Å². The molecule has 0 radical (unpaired) electrons. The van der Waals surface area contributed by atoms with Crippen LogP contribution in [0.3, 0.4) is 0 Å². The molecule has 158 valence electrons. The fourth-order valence-electron chi connectivity index (χ4n) is 4.52. The van der Waals surface area contributed by atoms with Gasteiger partial charge in [-0.15, -0.1) is 0 Å². The molecular formula is C26H31O3P. The van der Waals surface area contributed by atoms with E-state index in [1.165, 1.54) is 6.42 Å². The summed E-state index contributed by atoms with van der Waals surface area (Å²) in [7, 11) is -3.54. The predicted octanol–water partition coefficient (Wildman–Crippen LogP) is 7.21. The Morgan fingerprint density at radius 3 is 2.33 bits per heavy atom. The zero-order chi connectivity index (χ0) is 21.1. The standard InChI is InChI=1S/C26H31O3P/c1-19(2)25-16-13-20(3)17-26(25)29-30(27,24-11-5-4-6-12-24)28-23-15-14-21-9-7-8-10-22(21)18-23/h4-12,14-15,18-20,25-26H,13,16-17H2,1-3H3/t20-,25+,26-,30+/m1/s1. The molecule has 0 spiro atoms. The molecule has 1 saturated carbocycles.